The smallest absolute Gasteiger partial charge is 0.128 e. The zero-order valence-electron chi connectivity index (χ0n) is 12.0. The van der Waals surface area contributed by atoms with Crippen LogP contribution in [0.3, 0.4) is 0 Å². The topological polar surface area (TPSA) is 32.7 Å². The maximum atomic E-state index is 14.2. The minimum atomic E-state index is -0.222. The highest BCUT2D eigenvalue weighted by Gasteiger charge is 2.36. The van der Waals surface area contributed by atoms with Crippen molar-refractivity contribution in [2.45, 2.75) is 38.0 Å². The van der Waals surface area contributed by atoms with Gasteiger partial charge in [0.25, 0.3) is 0 Å². The lowest BCUT2D eigenvalue weighted by Crippen LogP contribution is -2.47. The first-order valence-corrected chi connectivity index (χ1v) is 7.52. The molecule has 1 aromatic rings. The Morgan fingerprint density at radius 3 is 3.10 bits per heavy atom. The van der Waals surface area contributed by atoms with Crippen LogP contribution in [0.25, 0.3) is 0 Å². The molecular weight excluding hydrogens is 269 g/mol. The third-order valence-electron chi connectivity index (χ3n) is 4.34. The Morgan fingerprint density at radius 1 is 1.38 bits per heavy atom. The molecule has 21 heavy (non-hydrogen) atoms. The molecular formula is C17H20FNO2. The predicted molar refractivity (Wildman–Crippen MR) is 78.2 cm³/mol. The Morgan fingerprint density at radius 2 is 2.29 bits per heavy atom. The molecule has 3 nitrogen and oxygen atoms in total. The highest BCUT2D eigenvalue weighted by atomic mass is 19.1. The van der Waals surface area contributed by atoms with Crippen LogP contribution in [-0.2, 0) is 11.3 Å². The van der Waals surface area contributed by atoms with Gasteiger partial charge in [0.2, 0.25) is 0 Å². The number of fused-ring (bicyclic) bond motifs is 1. The quantitative estimate of drug-likeness (QED) is 0.844. The van der Waals surface area contributed by atoms with Crippen molar-refractivity contribution >= 4 is 0 Å². The van der Waals surface area contributed by atoms with Crippen LogP contribution in [0.1, 0.15) is 30.4 Å². The molecule has 1 N–H and O–H groups in total. The summed E-state index contributed by atoms with van der Waals surface area (Å²) in [5.41, 5.74) is 1.31. The van der Waals surface area contributed by atoms with E-state index < -0.39 is 0 Å². The molecule has 3 rings (SSSR count). The normalized spacial score (nSPS) is 25.2. The van der Waals surface area contributed by atoms with Crippen molar-refractivity contribution in [2.24, 2.45) is 0 Å². The van der Waals surface area contributed by atoms with Crippen LogP contribution in [0, 0.1) is 17.7 Å². The number of rotatable bonds is 2. The molecule has 0 bridgehead atoms. The number of hydrogen-bond donors (Lipinski definition) is 1. The van der Waals surface area contributed by atoms with Crippen LogP contribution in [0.15, 0.2) is 18.2 Å². The van der Waals surface area contributed by atoms with Gasteiger partial charge >= 0.3 is 0 Å². The minimum absolute atomic E-state index is 0.208. The van der Waals surface area contributed by atoms with E-state index in [4.69, 9.17) is 9.84 Å². The number of hydrogen-bond acceptors (Lipinski definition) is 3. The van der Waals surface area contributed by atoms with Crippen LogP contribution >= 0.6 is 0 Å². The average Bonchev–Trinajstić information content (AvgIpc) is 2.97. The Kier molecular flexibility index (Phi) is 4.54. The minimum Gasteiger partial charge on any atom is -0.384 e. The maximum Gasteiger partial charge on any atom is 0.128 e. The van der Waals surface area contributed by atoms with Crippen molar-refractivity contribution in [1.29, 1.82) is 0 Å². The molecule has 1 aliphatic carbocycles. The molecule has 1 aromatic carbocycles. The van der Waals surface area contributed by atoms with Gasteiger partial charge < -0.3 is 9.84 Å². The second-order valence-corrected chi connectivity index (χ2v) is 5.64. The van der Waals surface area contributed by atoms with Gasteiger partial charge in [-0.25, -0.2) is 4.39 Å². The standard InChI is InChI=1S/C17H20FNO2/c18-15-11-13(3-2-9-20)6-7-14(15)12-19-8-10-21-17-5-1-4-16(17)19/h6-7,11,16-17,20H,1,4-5,8-10,12H2. The number of nitrogens with zero attached hydrogens (tertiary/aromatic N) is 1. The van der Waals surface area contributed by atoms with Gasteiger partial charge in [-0.05, 0) is 31.4 Å². The molecule has 0 radical (unpaired) electrons. The number of ether oxygens (including phenoxy) is 1. The van der Waals surface area contributed by atoms with Crippen LogP contribution in [0.2, 0.25) is 0 Å². The largest absolute Gasteiger partial charge is 0.384 e. The summed E-state index contributed by atoms with van der Waals surface area (Å²) in [7, 11) is 0. The summed E-state index contributed by atoms with van der Waals surface area (Å²) < 4.78 is 20.0. The van der Waals surface area contributed by atoms with Gasteiger partial charge in [0.05, 0.1) is 12.7 Å². The number of halogens is 1. The molecule has 2 aliphatic rings. The summed E-state index contributed by atoms with van der Waals surface area (Å²) in [5.74, 6) is 5.04. The van der Waals surface area contributed by atoms with E-state index in [2.05, 4.69) is 16.7 Å². The van der Waals surface area contributed by atoms with Gasteiger partial charge in [-0.1, -0.05) is 17.9 Å². The molecule has 2 fully saturated rings. The number of morpholine rings is 1. The lowest BCUT2D eigenvalue weighted by molar-refractivity contribution is -0.0591. The van der Waals surface area contributed by atoms with Crippen molar-refractivity contribution < 1.29 is 14.2 Å². The van der Waals surface area contributed by atoms with Gasteiger partial charge in [0, 0.05) is 30.3 Å². The van der Waals surface area contributed by atoms with E-state index in [1.165, 1.54) is 12.5 Å². The summed E-state index contributed by atoms with van der Waals surface area (Å²) in [6.07, 6.45) is 3.80. The van der Waals surface area contributed by atoms with E-state index in [0.29, 0.717) is 29.8 Å². The van der Waals surface area contributed by atoms with E-state index in [1.807, 2.05) is 6.07 Å². The fourth-order valence-corrected chi connectivity index (χ4v) is 3.32. The first-order chi connectivity index (χ1) is 10.3. The van der Waals surface area contributed by atoms with E-state index in [-0.39, 0.29) is 12.4 Å². The molecule has 2 unspecified atom stereocenters. The van der Waals surface area contributed by atoms with Gasteiger partial charge in [0.1, 0.15) is 12.4 Å². The Labute approximate surface area is 124 Å². The van der Waals surface area contributed by atoms with E-state index in [0.717, 1.165) is 26.0 Å². The maximum absolute atomic E-state index is 14.2. The predicted octanol–water partition coefficient (Wildman–Crippen LogP) is 1.92. The Bertz CT molecular complexity index is 564. The number of benzene rings is 1. The lowest BCUT2D eigenvalue weighted by atomic mass is 10.1. The summed E-state index contributed by atoms with van der Waals surface area (Å²) in [6.45, 7) is 2.03. The van der Waals surface area contributed by atoms with Gasteiger partial charge in [-0.15, -0.1) is 0 Å². The average molecular weight is 289 g/mol. The highest BCUT2D eigenvalue weighted by Crippen LogP contribution is 2.30. The van der Waals surface area contributed by atoms with Crippen molar-refractivity contribution in [2.75, 3.05) is 19.8 Å². The molecule has 0 amide bonds. The monoisotopic (exact) mass is 289 g/mol. The molecule has 0 aromatic heterocycles. The van der Waals surface area contributed by atoms with E-state index in [1.54, 1.807) is 6.07 Å². The fourth-order valence-electron chi connectivity index (χ4n) is 3.32. The van der Waals surface area contributed by atoms with Crippen LogP contribution in [0.4, 0.5) is 4.39 Å². The lowest BCUT2D eigenvalue weighted by Gasteiger charge is -2.37. The summed E-state index contributed by atoms with van der Waals surface area (Å²) in [6, 6.07) is 5.50. The molecule has 2 atom stereocenters. The molecule has 1 aliphatic heterocycles. The summed E-state index contributed by atoms with van der Waals surface area (Å²) >= 11 is 0. The first kappa shape index (κ1) is 14.5. The Hall–Kier alpha value is -1.41. The fraction of sp³-hybridized carbons (Fsp3) is 0.529. The summed E-state index contributed by atoms with van der Waals surface area (Å²) in [5, 5.41) is 8.67. The number of aliphatic hydroxyl groups is 1. The third kappa shape index (κ3) is 3.26. The van der Waals surface area contributed by atoms with Crippen LogP contribution in [0.5, 0.6) is 0 Å². The van der Waals surface area contributed by atoms with Crippen LogP contribution in [-0.4, -0.2) is 41.9 Å². The van der Waals surface area contributed by atoms with Gasteiger partial charge in [0.15, 0.2) is 0 Å². The second-order valence-electron chi connectivity index (χ2n) is 5.64. The molecule has 1 saturated carbocycles. The molecule has 1 saturated heterocycles. The SMILES string of the molecule is OCC#Cc1ccc(CN2CCOC3CCCC32)c(F)c1. The molecule has 1 heterocycles. The first-order valence-electron chi connectivity index (χ1n) is 7.52. The highest BCUT2D eigenvalue weighted by molar-refractivity contribution is 5.37. The zero-order chi connectivity index (χ0) is 14.7. The van der Waals surface area contributed by atoms with Crippen LogP contribution < -0.4 is 0 Å². The Balaban J connectivity index is 1.72. The van der Waals surface area contributed by atoms with Crippen molar-refractivity contribution in [1.82, 2.24) is 4.90 Å². The van der Waals surface area contributed by atoms with E-state index in [9.17, 15) is 4.39 Å². The van der Waals surface area contributed by atoms with Crippen molar-refractivity contribution in [3.8, 4) is 11.8 Å². The molecule has 0 spiro atoms. The van der Waals surface area contributed by atoms with Gasteiger partial charge in [-0.3, -0.25) is 4.90 Å². The van der Waals surface area contributed by atoms with Crippen molar-refractivity contribution in [3.05, 3.63) is 35.1 Å². The van der Waals surface area contributed by atoms with Crippen molar-refractivity contribution in [3.63, 3.8) is 0 Å². The van der Waals surface area contributed by atoms with E-state index >= 15 is 0 Å². The zero-order valence-corrected chi connectivity index (χ0v) is 12.0. The second kappa shape index (κ2) is 6.57. The summed E-state index contributed by atoms with van der Waals surface area (Å²) in [4.78, 5) is 2.35. The molecule has 4 heteroatoms. The molecule has 112 valence electrons. The van der Waals surface area contributed by atoms with Gasteiger partial charge in [-0.2, -0.15) is 0 Å². The third-order valence-corrected chi connectivity index (χ3v) is 4.34. The number of aliphatic hydroxyl groups excluding tert-OH is 1.